The third-order valence-corrected chi connectivity index (χ3v) is 8.16. The lowest BCUT2D eigenvalue weighted by Crippen LogP contribution is -2.55. The van der Waals surface area contributed by atoms with Crippen molar-refractivity contribution in [2.24, 2.45) is 11.8 Å². The summed E-state index contributed by atoms with van der Waals surface area (Å²) >= 11 is 0. The molecular formula is C25H41NO5. The molecule has 2 unspecified atom stereocenters. The van der Waals surface area contributed by atoms with Gasteiger partial charge in [0.15, 0.2) is 0 Å². The zero-order valence-corrected chi connectivity index (χ0v) is 19.9. The SMILES string of the molecule is CO[C@@H]1[C@H](OC(=O)CCCC2CCNC2C)CC[C@]2(CO2)[C@H]1[C@]1(C)O[C@@H]1CC=C(C)C. The number of carbonyl (C=O) groups is 1. The summed E-state index contributed by atoms with van der Waals surface area (Å²) in [6, 6.07) is 0.557. The van der Waals surface area contributed by atoms with Crippen molar-refractivity contribution in [2.45, 2.75) is 108 Å². The Kier molecular flexibility index (Phi) is 6.83. The molecule has 176 valence electrons. The molecule has 4 rings (SSSR count). The Balaban J connectivity index is 1.34. The van der Waals surface area contributed by atoms with Crippen LogP contribution in [-0.2, 0) is 23.7 Å². The van der Waals surface area contributed by atoms with Crippen molar-refractivity contribution in [3.63, 3.8) is 0 Å². The normalized spacial score (nSPS) is 43.6. The van der Waals surface area contributed by atoms with Gasteiger partial charge in [0, 0.05) is 19.6 Å². The van der Waals surface area contributed by atoms with Crippen molar-refractivity contribution in [1.82, 2.24) is 5.32 Å². The molecule has 0 aromatic rings. The second-order valence-corrected chi connectivity index (χ2v) is 10.6. The number of hydrogen-bond donors (Lipinski definition) is 1. The van der Waals surface area contributed by atoms with E-state index in [0.29, 0.717) is 18.4 Å². The highest BCUT2D eigenvalue weighted by atomic mass is 16.6. The van der Waals surface area contributed by atoms with Crippen LogP contribution in [0.25, 0.3) is 0 Å². The third kappa shape index (κ3) is 4.87. The minimum Gasteiger partial charge on any atom is -0.460 e. The van der Waals surface area contributed by atoms with Crippen molar-refractivity contribution in [3.8, 4) is 0 Å². The van der Waals surface area contributed by atoms with Crippen molar-refractivity contribution in [1.29, 1.82) is 0 Å². The lowest BCUT2D eigenvalue weighted by atomic mass is 9.68. The fraction of sp³-hybridized carbons (Fsp3) is 0.880. The first-order chi connectivity index (χ1) is 14.8. The van der Waals surface area contributed by atoms with E-state index in [9.17, 15) is 4.79 Å². The molecule has 0 aromatic heterocycles. The fourth-order valence-corrected chi connectivity index (χ4v) is 6.11. The average molecular weight is 436 g/mol. The molecule has 1 N–H and O–H groups in total. The lowest BCUT2D eigenvalue weighted by Gasteiger charge is -2.42. The summed E-state index contributed by atoms with van der Waals surface area (Å²) in [5.41, 5.74) is 0.834. The summed E-state index contributed by atoms with van der Waals surface area (Å²) in [5, 5.41) is 3.48. The Morgan fingerprint density at radius 2 is 2.06 bits per heavy atom. The number of rotatable bonds is 9. The molecule has 3 aliphatic heterocycles. The number of esters is 1. The molecule has 31 heavy (non-hydrogen) atoms. The number of hydrogen-bond acceptors (Lipinski definition) is 6. The summed E-state index contributed by atoms with van der Waals surface area (Å²) in [4.78, 5) is 12.7. The van der Waals surface area contributed by atoms with Gasteiger partial charge in [0.25, 0.3) is 0 Å². The Hall–Kier alpha value is -0.950. The predicted molar refractivity (Wildman–Crippen MR) is 119 cm³/mol. The minimum atomic E-state index is -0.292. The summed E-state index contributed by atoms with van der Waals surface area (Å²) in [6.07, 6.45) is 8.24. The summed E-state index contributed by atoms with van der Waals surface area (Å²) < 4.78 is 24.2. The van der Waals surface area contributed by atoms with Gasteiger partial charge in [-0.15, -0.1) is 0 Å². The molecule has 8 atom stereocenters. The molecule has 0 bridgehead atoms. The summed E-state index contributed by atoms with van der Waals surface area (Å²) in [7, 11) is 1.73. The topological polar surface area (TPSA) is 72.6 Å². The molecule has 1 spiro atoms. The average Bonchev–Trinajstić information content (AvgIpc) is 3.59. The van der Waals surface area contributed by atoms with Crippen molar-refractivity contribution in [3.05, 3.63) is 11.6 Å². The monoisotopic (exact) mass is 435 g/mol. The maximum absolute atomic E-state index is 12.7. The molecule has 1 aliphatic carbocycles. The molecule has 4 aliphatic rings. The van der Waals surface area contributed by atoms with Crippen molar-refractivity contribution < 1.29 is 23.7 Å². The van der Waals surface area contributed by atoms with Crippen LogP contribution in [-0.4, -0.2) is 61.8 Å². The first kappa shape index (κ1) is 23.2. The molecule has 0 amide bonds. The van der Waals surface area contributed by atoms with Crippen LogP contribution in [0.2, 0.25) is 0 Å². The molecule has 0 aromatic carbocycles. The second kappa shape index (κ2) is 9.12. The maximum Gasteiger partial charge on any atom is 0.306 e. The van der Waals surface area contributed by atoms with Gasteiger partial charge in [-0.1, -0.05) is 11.6 Å². The molecule has 0 radical (unpaired) electrons. The molecular weight excluding hydrogens is 394 g/mol. The van der Waals surface area contributed by atoms with E-state index in [2.05, 4.69) is 39.1 Å². The van der Waals surface area contributed by atoms with E-state index in [4.69, 9.17) is 18.9 Å². The van der Waals surface area contributed by atoms with E-state index < -0.39 is 0 Å². The van der Waals surface area contributed by atoms with Crippen LogP contribution in [0.3, 0.4) is 0 Å². The van der Waals surface area contributed by atoms with Crippen LogP contribution in [0.15, 0.2) is 11.6 Å². The van der Waals surface area contributed by atoms with E-state index >= 15 is 0 Å². The van der Waals surface area contributed by atoms with Gasteiger partial charge < -0.3 is 24.3 Å². The number of allylic oxidation sites excluding steroid dienone is 1. The zero-order chi connectivity index (χ0) is 22.2. The number of methoxy groups -OCH3 is 1. The van der Waals surface area contributed by atoms with Crippen LogP contribution in [0.4, 0.5) is 0 Å². The number of carbonyl (C=O) groups excluding carboxylic acids is 1. The van der Waals surface area contributed by atoms with Crippen LogP contribution in [0.5, 0.6) is 0 Å². The molecule has 6 nitrogen and oxygen atoms in total. The van der Waals surface area contributed by atoms with Crippen LogP contribution >= 0.6 is 0 Å². The number of epoxide rings is 2. The van der Waals surface area contributed by atoms with E-state index in [1.807, 2.05) is 0 Å². The van der Waals surface area contributed by atoms with Gasteiger partial charge in [-0.25, -0.2) is 0 Å². The second-order valence-electron chi connectivity index (χ2n) is 10.6. The van der Waals surface area contributed by atoms with E-state index in [1.54, 1.807) is 7.11 Å². The van der Waals surface area contributed by atoms with Gasteiger partial charge in [-0.3, -0.25) is 4.79 Å². The fourth-order valence-electron chi connectivity index (χ4n) is 6.11. The minimum absolute atomic E-state index is 0.0810. The third-order valence-electron chi connectivity index (χ3n) is 8.16. The smallest absolute Gasteiger partial charge is 0.306 e. The zero-order valence-electron chi connectivity index (χ0n) is 19.9. The van der Waals surface area contributed by atoms with Gasteiger partial charge in [0.05, 0.1) is 18.6 Å². The Labute approximate surface area is 187 Å². The van der Waals surface area contributed by atoms with E-state index in [1.165, 1.54) is 12.0 Å². The van der Waals surface area contributed by atoms with E-state index in [-0.39, 0.29) is 41.4 Å². The first-order valence-corrected chi connectivity index (χ1v) is 12.2. The molecule has 3 heterocycles. The molecule has 1 saturated carbocycles. The predicted octanol–water partition coefficient (Wildman–Crippen LogP) is 3.77. The van der Waals surface area contributed by atoms with Crippen molar-refractivity contribution >= 4 is 5.97 Å². The van der Waals surface area contributed by atoms with Crippen LogP contribution in [0, 0.1) is 11.8 Å². The Morgan fingerprint density at radius 1 is 1.29 bits per heavy atom. The molecule has 4 fully saturated rings. The molecule has 3 saturated heterocycles. The lowest BCUT2D eigenvalue weighted by molar-refractivity contribution is -0.172. The summed E-state index contributed by atoms with van der Waals surface area (Å²) in [5.74, 6) is 0.660. The van der Waals surface area contributed by atoms with Gasteiger partial charge in [-0.05, 0) is 78.7 Å². The van der Waals surface area contributed by atoms with Crippen molar-refractivity contribution in [2.75, 3.05) is 20.3 Å². The largest absolute Gasteiger partial charge is 0.460 e. The quantitative estimate of drug-likeness (QED) is 0.338. The van der Waals surface area contributed by atoms with Gasteiger partial charge in [0.2, 0.25) is 0 Å². The number of ether oxygens (including phenoxy) is 4. The standard InChI is InChI=1S/C25H41NO5/c1-16(2)9-10-20-24(4,31-20)23-22(28-5)19(11-13-25(23)15-29-25)30-21(27)8-6-7-18-12-14-26-17(18)3/h9,17-20,22-23,26H,6-8,10-15H2,1-5H3/t17?,18?,19-,20-,22-,23-,24-,25+/m1/s1. The number of nitrogens with one attached hydrogen (secondary N) is 1. The highest BCUT2D eigenvalue weighted by Crippen LogP contribution is 2.59. The van der Waals surface area contributed by atoms with Gasteiger partial charge in [0.1, 0.15) is 23.4 Å². The van der Waals surface area contributed by atoms with E-state index in [0.717, 1.165) is 45.3 Å². The summed E-state index contributed by atoms with van der Waals surface area (Å²) in [6.45, 7) is 10.5. The van der Waals surface area contributed by atoms with Crippen LogP contribution < -0.4 is 5.32 Å². The van der Waals surface area contributed by atoms with Gasteiger partial charge >= 0.3 is 5.97 Å². The van der Waals surface area contributed by atoms with Gasteiger partial charge in [-0.2, -0.15) is 0 Å². The highest BCUT2D eigenvalue weighted by molar-refractivity contribution is 5.69. The Bertz CT molecular complexity index is 685. The Morgan fingerprint density at radius 3 is 2.68 bits per heavy atom. The van der Waals surface area contributed by atoms with Crippen LogP contribution in [0.1, 0.15) is 72.6 Å². The first-order valence-electron chi connectivity index (χ1n) is 12.2. The highest BCUT2D eigenvalue weighted by Gasteiger charge is 2.72. The molecule has 6 heteroatoms. The maximum atomic E-state index is 12.7.